The lowest BCUT2D eigenvalue weighted by Crippen LogP contribution is -2.06. The Morgan fingerprint density at radius 2 is 1.76 bits per heavy atom. The molecule has 2 rings (SSSR count). The summed E-state index contributed by atoms with van der Waals surface area (Å²) in [6.07, 6.45) is 1.57. The van der Waals surface area contributed by atoms with Gasteiger partial charge in [-0.25, -0.2) is 0 Å². The van der Waals surface area contributed by atoms with Gasteiger partial charge in [0.15, 0.2) is 5.43 Å². The van der Waals surface area contributed by atoms with E-state index in [1.54, 1.807) is 25.3 Å². The predicted molar refractivity (Wildman–Crippen MR) is 72.3 cm³/mol. The number of pyridine rings is 1. The zero-order valence-corrected chi connectivity index (χ0v) is 11.1. The summed E-state index contributed by atoms with van der Waals surface area (Å²) in [5.41, 5.74) is 1.85. The fraction of sp³-hybridized carbons (Fsp3) is 0.0833. The number of halogens is 3. The maximum Gasteiger partial charge on any atom is 0.185 e. The van der Waals surface area contributed by atoms with Crippen molar-refractivity contribution >= 4 is 34.8 Å². The van der Waals surface area contributed by atoms with E-state index in [-0.39, 0.29) is 10.5 Å². The van der Waals surface area contributed by atoms with Crippen molar-refractivity contribution in [2.45, 2.75) is 6.92 Å². The lowest BCUT2D eigenvalue weighted by Gasteiger charge is -2.09. The molecule has 0 bridgehead atoms. The molecule has 1 aromatic heterocycles. The molecule has 0 atom stereocenters. The average Bonchev–Trinajstić information content (AvgIpc) is 2.31. The van der Waals surface area contributed by atoms with Crippen LogP contribution >= 0.6 is 34.8 Å². The minimum absolute atomic E-state index is 0.0547. The largest absolute Gasteiger partial charge is 0.361 e. The number of H-pyrrole nitrogens is 1. The molecular weight excluding hydrogens is 280 g/mol. The summed E-state index contributed by atoms with van der Waals surface area (Å²) in [5.74, 6) is 0. The third kappa shape index (κ3) is 2.21. The van der Waals surface area contributed by atoms with Gasteiger partial charge in [-0.05, 0) is 19.1 Å². The molecule has 0 aliphatic heterocycles. The summed E-state index contributed by atoms with van der Waals surface area (Å²) in [4.78, 5) is 14.5. The summed E-state index contributed by atoms with van der Waals surface area (Å²) in [6.45, 7) is 1.73. The second kappa shape index (κ2) is 4.73. The Morgan fingerprint density at radius 1 is 1.06 bits per heavy atom. The molecule has 1 N–H and O–H groups in total. The predicted octanol–water partition coefficient (Wildman–Crippen LogP) is 4.31. The molecule has 88 valence electrons. The highest BCUT2D eigenvalue weighted by atomic mass is 35.5. The van der Waals surface area contributed by atoms with E-state index in [1.807, 2.05) is 0 Å². The van der Waals surface area contributed by atoms with Crippen LogP contribution in [0.2, 0.25) is 15.1 Å². The number of aromatic nitrogens is 1. The molecule has 0 radical (unpaired) electrons. The fourth-order valence-corrected chi connectivity index (χ4v) is 2.19. The molecule has 0 fully saturated rings. The van der Waals surface area contributed by atoms with Gasteiger partial charge < -0.3 is 4.98 Å². The van der Waals surface area contributed by atoms with Crippen LogP contribution in [0.25, 0.3) is 11.3 Å². The van der Waals surface area contributed by atoms with Crippen molar-refractivity contribution in [3.8, 4) is 11.3 Å². The standard InChI is InChI=1S/C12H8Cl3NO/c1-6-9(17)4-5-16-12(6)7-2-3-8(13)11(15)10(7)14/h2-5H,1H3,(H,16,17). The number of nitrogens with one attached hydrogen (secondary N) is 1. The third-order valence-corrected chi connectivity index (χ3v) is 3.81. The molecule has 0 aliphatic rings. The molecule has 17 heavy (non-hydrogen) atoms. The van der Waals surface area contributed by atoms with Gasteiger partial charge in [-0.1, -0.05) is 34.8 Å². The first kappa shape index (κ1) is 12.5. The van der Waals surface area contributed by atoms with Gasteiger partial charge in [-0.3, -0.25) is 4.79 Å². The van der Waals surface area contributed by atoms with Crippen LogP contribution in [0, 0.1) is 6.92 Å². The number of rotatable bonds is 1. The van der Waals surface area contributed by atoms with Crippen molar-refractivity contribution in [1.82, 2.24) is 4.98 Å². The molecule has 5 heteroatoms. The maximum atomic E-state index is 11.6. The van der Waals surface area contributed by atoms with Gasteiger partial charge >= 0.3 is 0 Å². The highest BCUT2D eigenvalue weighted by Crippen LogP contribution is 2.37. The van der Waals surface area contributed by atoms with Crippen LogP contribution < -0.4 is 5.43 Å². The third-order valence-electron chi connectivity index (χ3n) is 2.51. The van der Waals surface area contributed by atoms with Crippen molar-refractivity contribution in [2.75, 3.05) is 0 Å². The number of hydrogen-bond donors (Lipinski definition) is 1. The summed E-state index contributed by atoms with van der Waals surface area (Å²) < 4.78 is 0. The van der Waals surface area contributed by atoms with E-state index in [2.05, 4.69) is 4.98 Å². The SMILES string of the molecule is Cc1c(-c2ccc(Cl)c(Cl)c2Cl)[nH]ccc1=O. The summed E-state index contributed by atoms with van der Waals surface area (Å²) in [6, 6.07) is 4.84. The quantitative estimate of drug-likeness (QED) is 0.779. The zero-order chi connectivity index (χ0) is 12.6. The van der Waals surface area contributed by atoms with E-state index in [0.29, 0.717) is 26.9 Å². The first-order valence-electron chi connectivity index (χ1n) is 4.84. The van der Waals surface area contributed by atoms with Crippen molar-refractivity contribution in [2.24, 2.45) is 0 Å². The first-order valence-corrected chi connectivity index (χ1v) is 5.98. The number of aromatic amines is 1. The monoisotopic (exact) mass is 287 g/mol. The van der Waals surface area contributed by atoms with Crippen molar-refractivity contribution in [3.05, 3.63) is 55.3 Å². The van der Waals surface area contributed by atoms with Crippen LogP contribution in [0.15, 0.2) is 29.2 Å². The fourth-order valence-electron chi connectivity index (χ4n) is 1.56. The minimum Gasteiger partial charge on any atom is -0.361 e. The second-order valence-corrected chi connectivity index (χ2v) is 4.73. The van der Waals surface area contributed by atoms with Gasteiger partial charge in [0, 0.05) is 23.4 Å². The Labute approximate surface area is 113 Å². The normalized spacial score (nSPS) is 10.6. The van der Waals surface area contributed by atoms with E-state index in [4.69, 9.17) is 34.8 Å². The average molecular weight is 289 g/mol. The van der Waals surface area contributed by atoms with E-state index < -0.39 is 0 Å². The van der Waals surface area contributed by atoms with Crippen molar-refractivity contribution in [1.29, 1.82) is 0 Å². The van der Waals surface area contributed by atoms with Gasteiger partial charge in [0.05, 0.1) is 20.8 Å². The number of hydrogen-bond acceptors (Lipinski definition) is 1. The lowest BCUT2D eigenvalue weighted by atomic mass is 10.1. The summed E-state index contributed by atoms with van der Waals surface area (Å²) in [7, 11) is 0. The Morgan fingerprint density at radius 3 is 2.47 bits per heavy atom. The summed E-state index contributed by atoms with van der Waals surface area (Å²) >= 11 is 17.9. The Hall–Kier alpha value is -0.960. The molecule has 1 heterocycles. The maximum absolute atomic E-state index is 11.6. The Kier molecular flexibility index (Phi) is 3.48. The van der Waals surface area contributed by atoms with Crippen LogP contribution in [-0.4, -0.2) is 4.98 Å². The van der Waals surface area contributed by atoms with Crippen LogP contribution in [0.5, 0.6) is 0 Å². The smallest absolute Gasteiger partial charge is 0.185 e. The van der Waals surface area contributed by atoms with E-state index in [0.717, 1.165) is 0 Å². The molecule has 0 saturated heterocycles. The van der Waals surface area contributed by atoms with E-state index in [1.165, 1.54) is 6.07 Å². The van der Waals surface area contributed by atoms with E-state index >= 15 is 0 Å². The molecule has 2 aromatic rings. The van der Waals surface area contributed by atoms with Crippen molar-refractivity contribution < 1.29 is 0 Å². The topological polar surface area (TPSA) is 32.9 Å². The Bertz CT molecular complexity index is 634. The van der Waals surface area contributed by atoms with Gasteiger partial charge in [-0.2, -0.15) is 0 Å². The minimum atomic E-state index is -0.0547. The van der Waals surface area contributed by atoms with Crippen LogP contribution in [-0.2, 0) is 0 Å². The molecule has 0 aliphatic carbocycles. The van der Waals surface area contributed by atoms with Crippen molar-refractivity contribution in [3.63, 3.8) is 0 Å². The second-order valence-electron chi connectivity index (χ2n) is 3.56. The van der Waals surface area contributed by atoms with Gasteiger partial charge in [0.1, 0.15) is 0 Å². The molecule has 2 nitrogen and oxygen atoms in total. The van der Waals surface area contributed by atoms with Gasteiger partial charge in [0.2, 0.25) is 0 Å². The Balaban J connectivity index is 2.74. The highest BCUT2D eigenvalue weighted by molar-refractivity contribution is 6.49. The highest BCUT2D eigenvalue weighted by Gasteiger charge is 2.13. The molecular formula is C12H8Cl3NO. The lowest BCUT2D eigenvalue weighted by molar-refractivity contribution is 1.24. The summed E-state index contributed by atoms with van der Waals surface area (Å²) in [5, 5.41) is 1.01. The van der Waals surface area contributed by atoms with Crippen LogP contribution in [0.4, 0.5) is 0 Å². The van der Waals surface area contributed by atoms with Gasteiger partial charge in [0.25, 0.3) is 0 Å². The van der Waals surface area contributed by atoms with Gasteiger partial charge in [-0.15, -0.1) is 0 Å². The molecule has 0 unspecified atom stereocenters. The molecule has 0 amide bonds. The molecule has 1 aromatic carbocycles. The zero-order valence-electron chi connectivity index (χ0n) is 8.85. The van der Waals surface area contributed by atoms with Crippen LogP contribution in [0.3, 0.4) is 0 Å². The first-order chi connectivity index (χ1) is 8.02. The number of benzene rings is 1. The van der Waals surface area contributed by atoms with E-state index in [9.17, 15) is 4.79 Å². The van der Waals surface area contributed by atoms with Crippen LogP contribution in [0.1, 0.15) is 5.56 Å². The molecule has 0 saturated carbocycles. The molecule has 0 spiro atoms.